The summed E-state index contributed by atoms with van der Waals surface area (Å²) in [5, 5.41) is 3.31. The van der Waals surface area contributed by atoms with Crippen LogP contribution in [0.3, 0.4) is 0 Å². The number of rotatable bonds is 4. The van der Waals surface area contributed by atoms with E-state index in [1.54, 1.807) is 0 Å². The molecule has 0 aromatic heterocycles. The Morgan fingerprint density at radius 1 is 1.50 bits per heavy atom. The second-order valence-corrected chi connectivity index (χ2v) is 4.60. The van der Waals surface area contributed by atoms with Crippen molar-refractivity contribution in [1.29, 1.82) is 0 Å². The van der Waals surface area contributed by atoms with E-state index in [1.807, 2.05) is 19.1 Å². The van der Waals surface area contributed by atoms with Crippen molar-refractivity contribution < 1.29 is 4.79 Å². The fraction of sp³-hybridized carbons (Fsp3) is 0.500. The molecule has 1 aliphatic heterocycles. The monoisotopic (exact) mass is 217 g/mol. The Bertz CT molecular complexity index is 398. The Balaban J connectivity index is 2.18. The number of Topliss-reactive ketones (excluding diaryl/α,β-unsaturated/α-hetero) is 1. The Morgan fingerprint density at radius 3 is 3.06 bits per heavy atom. The number of nitrogens with one attached hydrogen (secondary N) is 1. The van der Waals surface area contributed by atoms with Crippen molar-refractivity contribution >= 4 is 11.5 Å². The van der Waals surface area contributed by atoms with E-state index in [0.717, 1.165) is 37.1 Å². The van der Waals surface area contributed by atoms with Crippen molar-refractivity contribution in [1.82, 2.24) is 0 Å². The van der Waals surface area contributed by atoms with Crippen molar-refractivity contribution in [2.24, 2.45) is 5.92 Å². The van der Waals surface area contributed by atoms with Crippen molar-refractivity contribution in [3.05, 3.63) is 29.3 Å². The van der Waals surface area contributed by atoms with Gasteiger partial charge in [0.2, 0.25) is 0 Å². The van der Waals surface area contributed by atoms with Gasteiger partial charge in [0, 0.05) is 23.7 Å². The molecule has 0 aliphatic carbocycles. The number of anilines is 1. The zero-order chi connectivity index (χ0) is 11.5. The molecular formula is C14H19NO. The fourth-order valence-corrected chi connectivity index (χ4v) is 2.29. The third-order valence-corrected chi connectivity index (χ3v) is 3.27. The zero-order valence-corrected chi connectivity index (χ0v) is 10.0. The minimum Gasteiger partial charge on any atom is -0.384 e. The van der Waals surface area contributed by atoms with Gasteiger partial charge in [-0.25, -0.2) is 0 Å². The molecule has 1 heterocycles. The number of hydrogen-bond acceptors (Lipinski definition) is 2. The maximum absolute atomic E-state index is 12.1. The lowest BCUT2D eigenvalue weighted by Crippen LogP contribution is -2.11. The lowest BCUT2D eigenvalue weighted by molar-refractivity contribution is 0.0923. The molecule has 1 N–H and O–H groups in total. The van der Waals surface area contributed by atoms with Gasteiger partial charge in [-0.15, -0.1) is 0 Å². The highest BCUT2D eigenvalue weighted by molar-refractivity contribution is 5.98. The molecule has 0 radical (unpaired) electrons. The third kappa shape index (κ3) is 2.11. The molecule has 1 atom stereocenters. The summed E-state index contributed by atoms with van der Waals surface area (Å²) in [6, 6.07) is 6.07. The van der Waals surface area contributed by atoms with Gasteiger partial charge in [-0.3, -0.25) is 4.79 Å². The number of carbonyl (C=O) groups excluding carboxylic acids is 1. The minimum absolute atomic E-state index is 0.143. The lowest BCUT2D eigenvalue weighted by Gasteiger charge is -2.10. The third-order valence-electron chi connectivity index (χ3n) is 3.27. The van der Waals surface area contributed by atoms with Crippen molar-refractivity contribution in [3.63, 3.8) is 0 Å². The summed E-state index contributed by atoms with van der Waals surface area (Å²) in [4.78, 5) is 12.1. The smallest absolute Gasteiger partial charge is 0.165 e. The van der Waals surface area contributed by atoms with Gasteiger partial charge < -0.3 is 5.32 Å². The van der Waals surface area contributed by atoms with Crippen LogP contribution in [0, 0.1) is 5.92 Å². The van der Waals surface area contributed by atoms with Crippen molar-refractivity contribution in [2.75, 3.05) is 11.9 Å². The highest BCUT2D eigenvalue weighted by Crippen LogP contribution is 2.25. The maximum Gasteiger partial charge on any atom is 0.165 e. The second kappa shape index (κ2) is 4.69. The van der Waals surface area contributed by atoms with Crippen LogP contribution in [-0.4, -0.2) is 12.3 Å². The quantitative estimate of drug-likeness (QED) is 0.784. The van der Waals surface area contributed by atoms with E-state index in [-0.39, 0.29) is 11.7 Å². The van der Waals surface area contributed by atoms with Gasteiger partial charge in [-0.05, 0) is 24.5 Å². The summed E-state index contributed by atoms with van der Waals surface area (Å²) in [5.74, 6) is 0.419. The van der Waals surface area contributed by atoms with E-state index in [9.17, 15) is 4.79 Å². The van der Waals surface area contributed by atoms with Gasteiger partial charge in [-0.2, -0.15) is 0 Å². The molecule has 2 rings (SSSR count). The molecule has 16 heavy (non-hydrogen) atoms. The Kier molecular flexibility index (Phi) is 3.28. The highest BCUT2D eigenvalue weighted by Gasteiger charge is 2.17. The first-order valence-electron chi connectivity index (χ1n) is 6.13. The number of ketones is 1. The van der Waals surface area contributed by atoms with Crippen LogP contribution in [-0.2, 0) is 6.42 Å². The molecule has 2 heteroatoms. The van der Waals surface area contributed by atoms with Crippen molar-refractivity contribution in [2.45, 2.75) is 33.1 Å². The minimum atomic E-state index is 0.143. The van der Waals surface area contributed by atoms with E-state index in [1.165, 1.54) is 5.56 Å². The Labute approximate surface area is 97.1 Å². The predicted octanol–water partition coefficient (Wildman–Crippen LogP) is 3.27. The number of carbonyl (C=O) groups is 1. The Morgan fingerprint density at radius 2 is 2.31 bits per heavy atom. The van der Waals surface area contributed by atoms with Crippen LogP contribution in [0.2, 0.25) is 0 Å². The van der Waals surface area contributed by atoms with Crippen LogP contribution in [0.15, 0.2) is 18.2 Å². The summed E-state index contributed by atoms with van der Waals surface area (Å²) >= 11 is 0. The average Bonchev–Trinajstić information content (AvgIpc) is 2.75. The molecule has 1 aromatic rings. The summed E-state index contributed by atoms with van der Waals surface area (Å²) in [5.41, 5.74) is 3.34. The van der Waals surface area contributed by atoms with E-state index in [2.05, 4.69) is 18.3 Å². The standard InChI is InChI=1S/C14H19NO/c1-3-4-10(2)14(16)12-6-5-11-7-8-15-13(11)9-12/h5-6,9-10,15H,3-4,7-8H2,1-2H3. The molecule has 0 saturated carbocycles. The number of benzene rings is 1. The van der Waals surface area contributed by atoms with Crippen LogP contribution in [0.25, 0.3) is 0 Å². The van der Waals surface area contributed by atoms with Gasteiger partial charge in [-0.1, -0.05) is 32.4 Å². The predicted molar refractivity (Wildman–Crippen MR) is 67.0 cm³/mol. The van der Waals surface area contributed by atoms with Gasteiger partial charge in [0.05, 0.1) is 0 Å². The van der Waals surface area contributed by atoms with Gasteiger partial charge in [0.15, 0.2) is 5.78 Å². The molecule has 1 aliphatic rings. The van der Waals surface area contributed by atoms with Crippen molar-refractivity contribution in [3.8, 4) is 0 Å². The van der Waals surface area contributed by atoms with E-state index in [0.29, 0.717) is 0 Å². The van der Waals surface area contributed by atoms with Crippen LogP contribution in [0.1, 0.15) is 42.6 Å². The first-order valence-corrected chi connectivity index (χ1v) is 6.13. The summed E-state index contributed by atoms with van der Waals surface area (Å²) in [6.07, 6.45) is 3.12. The van der Waals surface area contributed by atoms with E-state index < -0.39 is 0 Å². The van der Waals surface area contributed by atoms with Crippen LogP contribution >= 0.6 is 0 Å². The highest BCUT2D eigenvalue weighted by atomic mass is 16.1. The first kappa shape index (κ1) is 11.2. The van der Waals surface area contributed by atoms with E-state index in [4.69, 9.17) is 0 Å². The molecule has 0 bridgehead atoms. The van der Waals surface area contributed by atoms with Gasteiger partial charge >= 0.3 is 0 Å². The summed E-state index contributed by atoms with van der Waals surface area (Å²) in [6.45, 7) is 5.14. The maximum atomic E-state index is 12.1. The van der Waals surface area contributed by atoms with Crippen LogP contribution in [0.4, 0.5) is 5.69 Å². The molecule has 0 amide bonds. The molecule has 1 aromatic carbocycles. The topological polar surface area (TPSA) is 29.1 Å². The van der Waals surface area contributed by atoms with Crippen LogP contribution < -0.4 is 5.32 Å². The normalized spacial score (nSPS) is 15.4. The second-order valence-electron chi connectivity index (χ2n) is 4.60. The summed E-state index contributed by atoms with van der Waals surface area (Å²) in [7, 11) is 0. The Hall–Kier alpha value is -1.31. The molecule has 0 saturated heterocycles. The van der Waals surface area contributed by atoms with Gasteiger partial charge in [0.1, 0.15) is 0 Å². The largest absolute Gasteiger partial charge is 0.384 e. The number of fused-ring (bicyclic) bond motifs is 1. The van der Waals surface area contributed by atoms with Crippen LogP contribution in [0.5, 0.6) is 0 Å². The summed E-state index contributed by atoms with van der Waals surface area (Å²) < 4.78 is 0. The lowest BCUT2D eigenvalue weighted by atomic mass is 9.94. The molecule has 0 spiro atoms. The SMILES string of the molecule is CCCC(C)C(=O)c1ccc2c(c1)NCC2. The zero-order valence-electron chi connectivity index (χ0n) is 10.0. The molecule has 1 unspecified atom stereocenters. The van der Waals surface area contributed by atoms with E-state index >= 15 is 0 Å². The average molecular weight is 217 g/mol. The molecule has 86 valence electrons. The van der Waals surface area contributed by atoms with Gasteiger partial charge in [0.25, 0.3) is 0 Å². The molecular weight excluding hydrogens is 198 g/mol. The molecule has 0 fully saturated rings. The molecule has 2 nitrogen and oxygen atoms in total. The first-order chi connectivity index (χ1) is 7.72. The number of hydrogen-bond donors (Lipinski definition) is 1. The fourth-order valence-electron chi connectivity index (χ4n) is 2.29.